The van der Waals surface area contributed by atoms with Gasteiger partial charge in [0.1, 0.15) is 5.82 Å². The van der Waals surface area contributed by atoms with Gasteiger partial charge in [-0.05, 0) is 59.2 Å². The van der Waals surface area contributed by atoms with Crippen molar-refractivity contribution >= 4 is 21.8 Å². The molecule has 1 amide bonds. The maximum Gasteiger partial charge on any atom is 0.254 e. The summed E-state index contributed by atoms with van der Waals surface area (Å²) < 4.78 is 14.1. The highest BCUT2D eigenvalue weighted by Gasteiger charge is 2.36. The first kappa shape index (κ1) is 16.4. The second-order valence-electron chi connectivity index (χ2n) is 6.67. The van der Waals surface area contributed by atoms with Crippen LogP contribution in [0.1, 0.15) is 49.9 Å². The molecule has 21 heavy (non-hydrogen) atoms. The lowest BCUT2D eigenvalue weighted by molar-refractivity contribution is -0.0233. The van der Waals surface area contributed by atoms with Gasteiger partial charge in [0.05, 0.1) is 15.6 Å². The van der Waals surface area contributed by atoms with E-state index in [9.17, 15) is 14.3 Å². The van der Waals surface area contributed by atoms with Gasteiger partial charge in [0.2, 0.25) is 0 Å². The summed E-state index contributed by atoms with van der Waals surface area (Å²) >= 11 is 3.06. The summed E-state index contributed by atoms with van der Waals surface area (Å²) in [5.41, 5.74) is -0.649. The quantitative estimate of drug-likeness (QED) is 0.867. The number of carbonyl (C=O) groups excluding carboxylic acids is 1. The highest BCUT2D eigenvalue weighted by atomic mass is 79.9. The minimum Gasteiger partial charge on any atom is -0.388 e. The molecule has 116 valence electrons. The van der Waals surface area contributed by atoms with Gasteiger partial charge >= 0.3 is 0 Å². The van der Waals surface area contributed by atoms with Crippen LogP contribution in [-0.4, -0.2) is 23.2 Å². The topological polar surface area (TPSA) is 49.3 Å². The summed E-state index contributed by atoms with van der Waals surface area (Å²) in [7, 11) is 0. The molecule has 0 aromatic heterocycles. The van der Waals surface area contributed by atoms with E-state index in [1.54, 1.807) is 12.1 Å². The van der Waals surface area contributed by atoms with Crippen LogP contribution in [0.4, 0.5) is 4.39 Å². The van der Waals surface area contributed by atoms with Crippen molar-refractivity contribution < 1.29 is 14.3 Å². The Labute approximate surface area is 133 Å². The third kappa shape index (κ3) is 4.04. The van der Waals surface area contributed by atoms with Crippen LogP contribution in [-0.2, 0) is 0 Å². The van der Waals surface area contributed by atoms with Crippen LogP contribution in [0.2, 0.25) is 0 Å². The summed E-state index contributed by atoms with van der Waals surface area (Å²) in [6, 6.07) is 4.59. The molecule has 0 aliphatic heterocycles. The average Bonchev–Trinajstić information content (AvgIpc) is 2.43. The first-order valence-corrected chi connectivity index (χ1v) is 7.96. The number of carbonyl (C=O) groups is 1. The smallest absolute Gasteiger partial charge is 0.254 e. The summed E-state index contributed by atoms with van der Waals surface area (Å²) in [6.07, 6.45) is 3.15. The Hall–Kier alpha value is -0.940. The molecule has 0 unspecified atom stereocenters. The van der Waals surface area contributed by atoms with E-state index in [2.05, 4.69) is 35.1 Å². The Morgan fingerprint density at radius 1 is 1.33 bits per heavy atom. The van der Waals surface area contributed by atoms with Crippen LogP contribution in [0.3, 0.4) is 0 Å². The molecule has 0 bridgehead atoms. The number of halogens is 2. The molecular weight excluding hydrogens is 337 g/mol. The summed E-state index contributed by atoms with van der Waals surface area (Å²) in [4.78, 5) is 12.0. The van der Waals surface area contributed by atoms with Crippen molar-refractivity contribution in [3.05, 3.63) is 34.1 Å². The molecule has 3 nitrogen and oxygen atoms in total. The minimum absolute atomic E-state index is 0.0101. The summed E-state index contributed by atoms with van der Waals surface area (Å²) in [5.74, 6) is -1.07. The molecule has 1 aromatic carbocycles. The highest BCUT2D eigenvalue weighted by Crippen LogP contribution is 2.39. The first-order valence-electron chi connectivity index (χ1n) is 7.17. The van der Waals surface area contributed by atoms with Crippen molar-refractivity contribution in [1.29, 1.82) is 0 Å². The van der Waals surface area contributed by atoms with E-state index >= 15 is 0 Å². The molecule has 2 N–H and O–H groups in total. The van der Waals surface area contributed by atoms with E-state index in [-0.39, 0.29) is 22.0 Å². The van der Waals surface area contributed by atoms with Crippen LogP contribution >= 0.6 is 15.9 Å². The van der Waals surface area contributed by atoms with Crippen molar-refractivity contribution in [3.8, 4) is 0 Å². The van der Waals surface area contributed by atoms with E-state index < -0.39 is 17.3 Å². The second kappa shape index (κ2) is 6.05. The van der Waals surface area contributed by atoms with Crippen molar-refractivity contribution in [3.63, 3.8) is 0 Å². The fraction of sp³-hybridized carbons (Fsp3) is 0.562. The molecule has 2 rings (SSSR count). The number of nitrogens with one attached hydrogen (secondary N) is 1. The van der Waals surface area contributed by atoms with Gasteiger partial charge in [-0.1, -0.05) is 19.9 Å². The van der Waals surface area contributed by atoms with E-state index in [1.807, 2.05) is 0 Å². The third-order valence-electron chi connectivity index (χ3n) is 4.31. The van der Waals surface area contributed by atoms with Crippen LogP contribution < -0.4 is 5.32 Å². The van der Waals surface area contributed by atoms with Crippen LogP contribution in [0.5, 0.6) is 0 Å². The van der Waals surface area contributed by atoms with Gasteiger partial charge in [0, 0.05) is 6.54 Å². The predicted octanol–water partition coefficient (Wildman–Crippen LogP) is 3.65. The number of amides is 1. The highest BCUT2D eigenvalue weighted by molar-refractivity contribution is 9.10. The number of rotatable bonds is 3. The van der Waals surface area contributed by atoms with Crippen LogP contribution in [0.25, 0.3) is 0 Å². The summed E-state index contributed by atoms with van der Waals surface area (Å²) in [6.45, 7) is 4.53. The molecular formula is C16H21BrFNO2. The van der Waals surface area contributed by atoms with Gasteiger partial charge in [0.25, 0.3) is 5.91 Å². The number of aliphatic hydroxyl groups is 1. The van der Waals surface area contributed by atoms with Crippen molar-refractivity contribution in [2.24, 2.45) is 5.41 Å². The molecule has 0 spiro atoms. The Morgan fingerprint density at radius 3 is 2.57 bits per heavy atom. The van der Waals surface area contributed by atoms with Crippen LogP contribution in [0, 0.1) is 11.2 Å². The van der Waals surface area contributed by atoms with Crippen molar-refractivity contribution in [2.45, 2.75) is 45.1 Å². The lowest BCUT2D eigenvalue weighted by Crippen LogP contribution is -2.46. The van der Waals surface area contributed by atoms with E-state index in [1.165, 1.54) is 6.07 Å². The normalized spacial score (nSPS) is 20.0. The van der Waals surface area contributed by atoms with E-state index in [4.69, 9.17) is 0 Å². The largest absolute Gasteiger partial charge is 0.388 e. The van der Waals surface area contributed by atoms with Gasteiger partial charge in [-0.15, -0.1) is 0 Å². The molecule has 0 heterocycles. The summed E-state index contributed by atoms with van der Waals surface area (Å²) in [5, 5.41) is 13.2. The van der Waals surface area contributed by atoms with E-state index in [0.29, 0.717) is 12.8 Å². The second-order valence-corrected chi connectivity index (χ2v) is 7.53. The molecule has 1 aliphatic carbocycles. The zero-order chi connectivity index (χ0) is 15.7. The first-order chi connectivity index (χ1) is 9.72. The van der Waals surface area contributed by atoms with Crippen molar-refractivity contribution in [2.75, 3.05) is 6.54 Å². The molecule has 1 aliphatic rings. The fourth-order valence-corrected chi connectivity index (χ4v) is 2.95. The van der Waals surface area contributed by atoms with E-state index in [0.717, 1.165) is 12.8 Å². The predicted molar refractivity (Wildman–Crippen MR) is 83.6 cm³/mol. The SMILES string of the molecule is CC1(C)CCC(O)(CNC(=O)c2cccc(Br)c2F)CC1. The lowest BCUT2D eigenvalue weighted by atomic mass is 9.71. The third-order valence-corrected chi connectivity index (χ3v) is 4.92. The number of hydrogen-bond donors (Lipinski definition) is 2. The lowest BCUT2D eigenvalue weighted by Gasteiger charge is -2.40. The Morgan fingerprint density at radius 2 is 1.95 bits per heavy atom. The number of benzene rings is 1. The molecule has 1 aromatic rings. The van der Waals surface area contributed by atoms with Gasteiger partial charge in [-0.2, -0.15) is 0 Å². The Kier molecular flexibility index (Phi) is 4.73. The zero-order valence-corrected chi connectivity index (χ0v) is 14.0. The molecule has 0 saturated heterocycles. The maximum atomic E-state index is 13.8. The molecule has 0 radical (unpaired) electrons. The monoisotopic (exact) mass is 357 g/mol. The van der Waals surface area contributed by atoms with Crippen molar-refractivity contribution in [1.82, 2.24) is 5.32 Å². The zero-order valence-electron chi connectivity index (χ0n) is 12.4. The molecule has 1 saturated carbocycles. The van der Waals surface area contributed by atoms with Gasteiger partial charge in [-0.3, -0.25) is 4.79 Å². The maximum absolute atomic E-state index is 13.8. The molecule has 5 heteroatoms. The molecule has 0 atom stereocenters. The van der Waals surface area contributed by atoms with Crippen LogP contribution in [0.15, 0.2) is 22.7 Å². The number of hydrogen-bond acceptors (Lipinski definition) is 2. The van der Waals surface area contributed by atoms with Gasteiger partial charge < -0.3 is 10.4 Å². The Bertz CT molecular complexity index is 535. The van der Waals surface area contributed by atoms with Gasteiger partial charge in [-0.25, -0.2) is 4.39 Å². The Balaban J connectivity index is 1.97. The standard InChI is InChI=1S/C16H21BrFNO2/c1-15(2)6-8-16(21,9-7-15)10-19-14(20)11-4-3-5-12(17)13(11)18/h3-5,21H,6-10H2,1-2H3,(H,19,20). The fourth-order valence-electron chi connectivity index (χ4n) is 2.59. The molecule has 1 fully saturated rings. The average molecular weight is 358 g/mol. The van der Waals surface area contributed by atoms with Gasteiger partial charge in [0.15, 0.2) is 0 Å². The minimum atomic E-state index is -0.881.